The molecular formula is C13H22N2. The van der Waals surface area contributed by atoms with E-state index in [1.165, 1.54) is 12.0 Å². The van der Waals surface area contributed by atoms with Crippen LogP contribution in [-0.4, -0.2) is 9.78 Å². The maximum Gasteiger partial charge on any atom is 0.0554 e. The number of hydrogen-bond donors (Lipinski definition) is 0. The summed E-state index contributed by atoms with van der Waals surface area (Å²) in [6, 6.07) is 0.686. The molecule has 1 aliphatic carbocycles. The second-order valence-corrected chi connectivity index (χ2v) is 5.64. The van der Waals surface area contributed by atoms with Crippen molar-refractivity contribution in [3.05, 3.63) is 18.0 Å². The van der Waals surface area contributed by atoms with Gasteiger partial charge >= 0.3 is 0 Å². The average molecular weight is 206 g/mol. The first kappa shape index (κ1) is 10.7. The molecule has 1 heterocycles. The van der Waals surface area contributed by atoms with E-state index in [1.54, 1.807) is 0 Å². The summed E-state index contributed by atoms with van der Waals surface area (Å²) >= 11 is 0. The number of aromatic nitrogens is 2. The zero-order valence-electron chi connectivity index (χ0n) is 10.3. The lowest BCUT2D eigenvalue weighted by molar-refractivity contribution is 0.487. The van der Waals surface area contributed by atoms with Gasteiger partial charge in [-0.05, 0) is 36.2 Å². The minimum absolute atomic E-state index is 0.686. The minimum Gasteiger partial charge on any atom is -0.269 e. The fraction of sp³-hybridized carbons (Fsp3) is 0.769. The fourth-order valence-electron chi connectivity index (χ4n) is 2.36. The van der Waals surface area contributed by atoms with Crippen LogP contribution in [0.5, 0.6) is 0 Å². The van der Waals surface area contributed by atoms with Gasteiger partial charge < -0.3 is 0 Å². The molecule has 15 heavy (non-hydrogen) atoms. The van der Waals surface area contributed by atoms with Crippen molar-refractivity contribution in [2.75, 3.05) is 0 Å². The molecule has 0 amide bonds. The third-order valence-electron chi connectivity index (χ3n) is 3.30. The molecule has 2 heteroatoms. The summed E-state index contributed by atoms with van der Waals surface area (Å²) in [4.78, 5) is 0. The highest BCUT2D eigenvalue weighted by Crippen LogP contribution is 2.47. The summed E-state index contributed by atoms with van der Waals surface area (Å²) < 4.78 is 2.18. The standard InChI is InChI=1S/C13H22N2/c1-9(2)5-11-7-14-15(8-11)13-6-12(13)10(3)4/h7-10,12-13H,5-6H2,1-4H3/t12-,13-/m0/s1. The Labute approximate surface area is 92.7 Å². The lowest BCUT2D eigenvalue weighted by Gasteiger charge is -2.03. The zero-order chi connectivity index (χ0) is 11.0. The van der Waals surface area contributed by atoms with Crippen LogP contribution in [0.25, 0.3) is 0 Å². The van der Waals surface area contributed by atoms with Gasteiger partial charge in [0.2, 0.25) is 0 Å². The molecule has 1 fully saturated rings. The third-order valence-corrected chi connectivity index (χ3v) is 3.30. The van der Waals surface area contributed by atoms with E-state index in [2.05, 4.69) is 43.7 Å². The first-order valence-corrected chi connectivity index (χ1v) is 6.11. The smallest absolute Gasteiger partial charge is 0.0554 e. The highest BCUT2D eigenvalue weighted by molar-refractivity contribution is 5.07. The monoisotopic (exact) mass is 206 g/mol. The van der Waals surface area contributed by atoms with Crippen LogP contribution < -0.4 is 0 Å². The van der Waals surface area contributed by atoms with Crippen molar-refractivity contribution < 1.29 is 0 Å². The molecule has 0 aromatic carbocycles. The van der Waals surface area contributed by atoms with E-state index >= 15 is 0 Å². The molecule has 0 saturated heterocycles. The van der Waals surface area contributed by atoms with Crippen LogP contribution in [0.1, 0.15) is 45.7 Å². The summed E-state index contributed by atoms with van der Waals surface area (Å²) in [5.74, 6) is 2.38. The van der Waals surface area contributed by atoms with Gasteiger partial charge in [0.1, 0.15) is 0 Å². The third kappa shape index (κ3) is 2.42. The van der Waals surface area contributed by atoms with Gasteiger partial charge in [-0.3, -0.25) is 4.68 Å². The Morgan fingerprint density at radius 1 is 1.40 bits per heavy atom. The second kappa shape index (κ2) is 3.99. The van der Waals surface area contributed by atoms with Crippen molar-refractivity contribution in [3.63, 3.8) is 0 Å². The van der Waals surface area contributed by atoms with Gasteiger partial charge in [0, 0.05) is 6.20 Å². The summed E-state index contributed by atoms with van der Waals surface area (Å²) in [5.41, 5.74) is 1.39. The van der Waals surface area contributed by atoms with Gasteiger partial charge in [0.05, 0.1) is 12.2 Å². The zero-order valence-corrected chi connectivity index (χ0v) is 10.3. The largest absolute Gasteiger partial charge is 0.269 e. The quantitative estimate of drug-likeness (QED) is 0.739. The first-order valence-electron chi connectivity index (χ1n) is 6.11. The Kier molecular flexibility index (Phi) is 2.85. The molecule has 0 bridgehead atoms. The molecular weight excluding hydrogens is 184 g/mol. The van der Waals surface area contributed by atoms with Crippen LogP contribution in [0.2, 0.25) is 0 Å². The molecule has 1 saturated carbocycles. The number of rotatable bonds is 4. The molecule has 0 spiro atoms. The molecule has 2 nitrogen and oxygen atoms in total. The fourth-order valence-corrected chi connectivity index (χ4v) is 2.36. The second-order valence-electron chi connectivity index (χ2n) is 5.64. The molecule has 0 unspecified atom stereocenters. The van der Waals surface area contributed by atoms with Crippen LogP contribution in [0.15, 0.2) is 12.4 Å². The molecule has 2 atom stereocenters. The Hall–Kier alpha value is -0.790. The maximum atomic E-state index is 4.48. The molecule has 1 aliphatic rings. The van der Waals surface area contributed by atoms with Crippen molar-refractivity contribution in [1.82, 2.24) is 9.78 Å². The molecule has 0 radical (unpaired) electrons. The molecule has 2 rings (SSSR count). The minimum atomic E-state index is 0.686. The Morgan fingerprint density at radius 2 is 2.13 bits per heavy atom. The Bertz CT molecular complexity index is 325. The predicted molar refractivity (Wildman–Crippen MR) is 62.8 cm³/mol. The van der Waals surface area contributed by atoms with Crippen LogP contribution in [0, 0.1) is 17.8 Å². The van der Waals surface area contributed by atoms with E-state index in [-0.39, 0.29) is 0 Å². The summed E-state index contributed by atoms with van der Waals surface area (Å²) in [6.45, 7) is 9.13. The highest BCUT2D eigenvalue weighted by atomic mass is 15.3. The predicted octanol–water partition coefficient (Wildman–Crippen LogP) is 3.30. The van der Waals surface area contributed by atoms with Gasteiger partial charge in [0.15, 0.2) is 0 Å². The van der Waals surface area contributed by atoms with E-state index in [9.17, 15) is 0 Å². The van der Waals surface area contributed by atoms with Crippen LogP contribution in [0.3, 0.4) is 0 Å². The van der Waals surface area contributed by atoms with Crippen molar-refractivity contribution in [1.29, 1.82) is 0 Å². The SMILES string of the molecule is CC(C)Cc1cnn([C@H]2C[C@H]2C(C)C)c1. The van der Waals surface area contributed by atoms with E-state index in [1.807, 2.05) is 6.20 Å². The van der Waals surface area contributed by atoms with Gasteiger partial charge in [-0.1, -0.05) is 27.7 Å². The van der Waals surface area contributed by atoms with Crippen molar-refractivity contribution >= 4 is 0 Å². The Morgan fingerprint density at radius 3 is 2.67 bits per heavy atom. The number of nitrogens with zero attached hydrogens (tertiary/aromatic N) is 2. The van der Waals surface area contributed by atoms with Crippen LogP contribution in [0.4, 0.5) is 0 Å². The van der Waals surface area contributed by atoms with Crippen LogP contribution >= 0.6 is 0 Å². The maximum absolute atomic E-state index is 4.48. The van der Waals surface area contributed by atoms with E-state index in [0.29, 0.717) is 6.04 Å². The average Bonchev–Trinajstić information content (AvgIpc) is 2.81. The van der Waals surface area contributed by atoms with Gasteiger partial charge in [-0.2, -0.15) is 5.10 Å². The summed E-state index contributed by atoms with van der Waals surface area (Å²) in [6.07, 6.45) is 6.75. The van der Waals surface area contributed by atoms with E-state index in [4.69, 9.17) is 0 Å². The molecule has 0 aliphatic heterocycles. The summed E-state index contributed by atoms with van der Waals surface area (Å²) in [5, 5.41) is 4.48. The normalized spacial score (nSPS) is 25.2. The van der Waals surface area contributed by atoms with E-state index < -0.39 is 0 Å². The van der Waals surface area contributed by atoms with E-state index in [0.717, 1.165) is 24.2 Å². The van der Waals surface area contributed by atoms with Gasteiger partial charge in [0.25, 0.3) is 0 Å². The number of hydrogen-bond acceptors (Lipinski definition) is 1. The molecule has 1 aromatic heterocycles. The van der Waals surface area contributed by atoms with Gasteiger partial charge in [-0.25, -0.2) is 0 Å². The lowest BCUT2D eigenvalue weighted by Crippen LogP contribution is -2.00. The van der Waals surface area contributed by atoms with Gasteiger partial charge in [-0.15, -0.1) is 0 Å². The molecule has 1 aromatic rings. The van der Waals surface area contributed by atoms with Crippen molar-refractivity contribution in [3.8, 4) is 0 Å². The lowest BCUT2D eigenvalue weighted by atomic mass is 10.1. The Balaban J connectivity index is 1.97. The molecule has 84 valence electrons. The summed E-state index contributed by atoms with van der Waals surface area (Å²) in [7, 11) is 0. The molecule has 0 N–H and O–H groups in total. The first-order chi connectivity index (χ1) is 7.08. The van der Waals surface area contributed by atoms with Crippen molar-refractivity contribution in [2.24, 2.45) is 17.8 Å². The topological polar surface area (TPSA) is 17.8 Å². The van der Waals surface area contributed by atoms with Crippen molar-refractivity contribution in [2.45, 2.75) is 46.6 Å². The van der Waals surface area contributed by atoms with Crippen LogP contribution in [-0.2, 0) is 6.42 Å². The highest BCUT2D eigenvalue weighted by Gasteiger charge is 2.41.